The number of hydrogen-bond acceptors (Lipinski definition) is 5. The number of rotatable bonds is 8. The van der Waals surface area contributed by atoms with E-state index in [0.717, 1.165) is 65.8 Å². The van der Waals surface area contributed by atoms with Crippen molar-refractivity contribution < 1.29 is 9.84 Å². The zero-order chi connectivity index (χ0) is 23.5. The van der Waals surface area contributed by atoms with E-state index in [4.69, 9.17) is 9.72 Å². The number of methoxy groups -OCH3 is 1. The predicted molar refractivity (Wildman–Crippen MR) is 138 cm³/mol. The number of nitrogens with one attached hydrogen (secondary N) is 2. The molecule has 1 fully saturated rings. The molecule has 6 nitrogen and oxygen atoms in total. The van der Waals surface area contributed by atoms with Crippen molar-refractivity contribution in [3.8, 4) is 0 Å². The first-order chi connectivity index (χ1) is 16.6. The number of fused-ring (bicyclic) bond motifs is 1. The summed E-state index contributed by atoms with van der Waals surface area (Å²) in [4.78, 5) is 10.5. The first-order valence-electron chi connectivity index (χ1n) is 12.6. The number of hydrogen-bond donors (Lipinski definition) is 3. The van der Waals surface area contributed by atoms with Gasteiger partial charge in [-0.15, -0.1) is 0 Å². The number of H-pyrrole nitrogens is 1. The Balaban J connectivity index is 1.28. The highest BCUT2D eigenvalue weighted by atomic mass is 16.5. The summed E-state index contributed by atoms with van der Waals surface area (Å²) in [5.74, 6) is 1.48. The molecule has 1 saturated heterocycles. The molecular formula is C28H36N4O2. The fraction of sp³-hybridized carbons (Fsp3) is 0.464. The minimum atomic E-state index is 0.0896. The summed E-state index contributed by atoms with van der Waals surface area (Å²) in [5, 5.41) is 15.2. The van der Waals surface area contributed by atoms with Crippen LogP contribution in [0.15, 0.2) is 54.3 Å². The molecule has 2 aromatic heterocycles. The van der Waals surface area contributed by atoms with E-state index in [0.29, 0.717) is 11.8 Å². The lowest BCUT2D eigenvalue weighted by Gasteiger charge is -2.23. The molecule has 2 unspecified atom stereocenters. The Kier molecular flexibility index (Phi) is 6.88. The summed E-state index contributed by atoms with van der Waals surface area (Å²) in [6.07, 6.45) is 18.9. The second-order valence-electron chi connectivity index (χ2n) is 9.74. The molecular weight excluding hydrogens is 424 g/mol. The Hall–Kier alpha value is -2.83. The summed E-state index contributed by atoms with van der Waals surface area (Å²) < 4.78 is 5.64. The van der Waals surface area contributed by atoms with E-state index in [1.807, 2.05) is 24.5 Å². The third-order valence-electron chi connectivity index (χ3n) is 7.58. The Labute approximate surface area is 202 Å². The number of aliphatic hydroxyl groups excluding tert-OH is 1. The highest BCUT2D eigenvalue weighted by Gasteiger charge is 2.23. The molecule has 0 spiro atoms. The van der Waals surface area contributed by atoms with Gasteiger partial charge in [-0.1, -0.05) is 12.2 Å². The number of likely N-dealkylation sites (tertiary alicyclic amines) is 1. The van der Waals surface area contributed by atoms with Crippen molar-refractivity contribution in [2.75, 3.05) is 33.8 Å². The van der Waals surface area contributed by atoms with Gasteiger partial charge in [-0.2, -0.15) is 0 Å². The van der Waals surface area contributed by atoms with Crippen LogP contribution in [0.25, 0.3) is 22.2 Å². The predicted octanol–water partition coefficient (Wildman–Crippen LogP) is 5.19. The maximum atomic E-state index is 10.5. The second-order valence-corrected chi connectivity index (χ2v) is 9.74. The third-order valence-corrected chi connectivity index (χ3v) is 7.58. The molecule has 1 aliphatic heterocycles. The molecule has 0 amide bonds. The van der Waals surface area contributed by atoms with Gasteiger partial charge in [-0.3, -0.25) is 0 Å². The van der Waals surface area contributed by atoms with Crippen LogP contribution < -0.4 is 5.32 Å². The van der Waals surface area contributed by atoms with Gasteiger partial charge in [0.25, 0.3) is 0 Å². The van der Waals surface area contributed by atoms with E-state index in [-0.39, 0.29) is 5.92 Å². The Morgan fingerprint density at radius 1 is 1.26 bits per heavy atom. The summed E-state index contributed by atoms with van der Waals surface area (Å²) in [6, 6.07) is 2.92. The summed E-state index contributed by atoms with van der Waals surface area (Å²) in [7, 11) is 3.96. The molecule has 180 valence electrons. The molecule has 2 atom stereocenters. The minimum absolute atomic E-state index is 0.0896. The molecule has 2 aromatic rings. The smallest absolute Gasteiger partial charge is 0.137 e. The van der Waals surface area contributed by atoms with E-state index in [1.165, 1.54) is 31.4 Å². The van der Waals surface area contributed by atoms with Gasteiger partial charge in [0.2, 0.25) is 0 Å². The number of nitrogens with zero attached hydrogens (tertiary/aromatic N) is 2. The van der Waals surface area contributed by atoms with Gasteiger partial charge in [0.05, 0.1) is 12.9 Å². The number of allylic oxidation sites excluding steroid dienone is 6. The summed E-state index contributed by atoms with van der Waals surface area (Å²) >= 11 is 0. The first-order valence-corrected chi connectivity index (χ1v) is 12.6. The molecule has 2 aliphatic carbocycles. The van der Waals surface area contributed by atoms with Gasteiger partial charge in [-0.25, -0.2) is 4.98 Å². The number of aromatic amines is 1. The molecule has 3 aliphatic rings. The molecule has 0 bridgehead atoms. The van der Waals surface area contributed by atoms with Crippen molar-refractivity contribution >= 4 is 22.2 Å². The van der Waals surface area contributed by atoms with Crippen LogP contribution in [-0.2, 0) is 4.74 Å². The number of ether oxygens (including phenoxy) is 1. The van der Waals surface area contributed by atoms with Crippen LogP contribution >= 0.6 is 0 Å². The lowest BCUT2D eigenvalue weighted by atomic mass is 9.88. The van der Waals surface area contributed by atoms with Crippen molar-refractivity contribution in [3.63, 3.8) is 0 Å². The average Bonchev–Trinajstić information content (AvgIpc) is 3.48. The fourth-order valence-electron chi connectivity index (χ4n) is 5.53. The first kappa shape index (κ1) is 22.9. The van der Waals surface area contributed by atoms with Crippen molar-refractivity contribution in [1.82, 2.24) is 20.2 Å². The van der Waals surface area contributed by atoms with E-state index in [2.05, 4.69) is 40.5 Å². The monoisotopic (exact) mass is 460 g/mol. The maximum Gasteiger partial charge on any atom is 0.137 e. The molecule has 3 N–H and O–H groups in total. The zero-order valence-corrected chi connectivity index (χ0v) is 20.3. The summed E-state index contributed by atoms with van der Waals surface area (Å²) in [5.41, 5.74) is 5.45. The largest absolute Gasteiger partial charge is 0.512 e. The topological polar surface area (TPSA) is 73.4 Å². The van der Waals surface area contributed by atoms with E-state index < -0.39 is 0 Å². The Morgan fingerprint density at radius 3 is 2.97 bits per heavy atom. The van der Waals surface area contributed by atoms with Gasteiger partial charge in [0, 0.05) is 47.4 Å². The number of aromatic nitrogens is 2. The quantitative estimate of drug-likeness (QED) is 0.473. The van der Waals surface area contributed by atoms with Crippen molar-refractivity contribution in [3.05, 3.63) is 65.4 Å². The van der Waals surface area contributed by atoms with Gasteiger partial charge in [-0.05, 0) is 88.0 Å². The standard InChI is InChI=1S/C28H36N4O2/c1-32-13-5-6-22(32)11-12-29-16-21-14-19(9-10-26(21)33)20-15-24-25(18-31-28(24)30-17-20)23-7-3-4-8-27(23)34-2/h7-10,15,17-18,21-22,29,33H,3-6,11-14,16H2,1-2H3,(H,30,31). The van der Waals surface area contributed by atoms with E-state index in [9.17, 15) is 5.11 Å². The molecule has 0 radical (unpaired) electrons. The van der Waals surface area contributed by atoms with Crippen LogP contribution in [0.5, 0.6) is 0 Å². The Bertz CT molecular complexity index is 1160. The molecule has 3 heterocycles. The highest BCUT2D eigenvalue weighted by molar-refractivity contribution is 5.96. The van der Waals surface area contributed by atoms with Crippen LogP contribution in [0.3, 0.4) is 0 Å². The number of aliphatic hydroxyl groups is 1. The molecule has 5 rings (SSSR count). The molecule has 6 heteroatoms. The highest BCUT2D eigenvalue weighted by Crippen LogP contribution is 2.36. The van der Waals surface area contributed by atoms with Crippen molar-refractivity contribution in [2.45, 2.75) is 44.6 Å². The lowest BCUT2D eigenvalue weighted by molar-refractivity contribution is 0.286. The van der Waals surface area contributed by atoms with Gasteiger partial charge in [0.15, 0.2) is 0 Å². The molecule has 34 heavy (non-hydrogen) atoms. The van der Waals surface area contributed by atoms with Gasteiger partial charge >= 0.3 is 0 Å². The van der Waals surface area contributed by atoms with Crippen LogP contribution in [0.2, 0.25) is 0 Å². The SMILES string of the molecule is COC1=CCCC=C1c1c[nH]c2ncc(C3=CC=C(O)C(CNCCC4CCCN4C)C3)cc12. The lowest BCUT2D eigenvalue weighted by Crippen LogP contribution is -2.32. The fourth-order valence-corrected chi connectivity index (χ4v) is 5.53. The summed E-state index contributed by atoms with van der Waals surface area (Å²) in [6.45, 7) is 2.99. The minimum Gasteiger partial charge on any atom is -0.512 e. The van der Waals surface area contributed by atoms with Crippen molar-refractivity contribution in [1.29, 1.82) is 0 Å². The molecule has 0 aromatic carbocycles. The van der Waals surface area contributed by atoms with Crippen molar-refractivity contribution in [2.24, 2.45) is 5.92 Å². The second kappa shape index (κ2) is 10.2. The Morgan fingerprint density at radius 2 is 2.15 bits per heavy atom. The average molecular weight is 461 g/mol. The third kappa shape index (κ3) is 4.70. The van der Waals surface area contributed by atoms with Crippen LogP contribution in [0, 0.1) is 5.92 Å². The zero-order valence-electron chi connectivity index (χ0n) is 20.3. The normalized spacial score (nSPS) is 23.5. The van der Waals surface area contributed by atoms with E-state index in [1.54, 1.807) is 7.11 Å². The van der Waals surface area contributed by atoms with Gasteiger partial charge < -0.3 is 25.0 Å². The van der Waals surface area contributed by atoms with Crippen LogP contribution in [0.1, 0.15) is 49.7 Å². The van der Waals surface area contributed by atoms with E-state index >= 15 is 0 Å². The van der Waals surface area contributed by atoms with Crippen LogP contribution in [0.4, 0.5) is 0 Å². The van der Waals surface area contributed by atoms with Crippen LogP contribution in [-0.4, -0.2) is 59.8 Å². The maximum absolute atomic E-state index is 10.5. The molecule has 0 saturated carbocycles. The van der Waals surface area contributed by atoms with Gasteiger partial charge in [0.1, 0.15) is 11.4 Å². The number of pyridine rings is 1.